The quantitative estimate of drug-likeness (QED) is 0.730. The Hall–Kier alpha value is -0.810. The van der Waals surface area contributed by atoms with E-state index in [-0.39, 0.29) is 6.09 Å². The Balaban J connectivity index is 2.04. The lowest BCUT2D eigenvalue weighted by molar-refractivity contribution is -0.0461. The van der Waals surface area contributed by atoms with Crippen LogP contribution in [0.3, 0.4) is 0 Å². The summed E-state index contributed by atoms with van der Waals surface area (Å²) in [6.45, 7) is 8.75. The lowest BCUT2D eigenvalue weighted by Crippen LogP contribution is -2.62. The topological polar surface area (TPSA) is 75.8 Å². The van der Waals surface area contributed by atoms with Gasteiger partial charge in [-0.25, -0.2) is 4.79 Å². The van der Waals surface area contributed by atoms with Crippen molar-refractivity contribution >= 4 is 6.09 Å². The highest BCUT2D eigenvalue weighted by molar-refractivity contribution is 5.68. The van der Waals surface area contributed by atoms with Gasteiger partial charge in [-0.2, -0.15) is 0 Å². The van der Waals surface area contributed by atoms with Gasteiger partial charge in [-0.1, -0.05) is 19.8 Å². The van der Waals surface area contributed by atoms with Crippen molar-refractivity contribution < 1.29 is 14.6 Å². The van der Waals surface area contributed by atoms with E-state index in [1.54, 1.807) is 4.90 Å². The van der Waals surface area contributed by atoms with E-state index in [0.29, 0.717) is 25.4 Å². The Bertz CT molecular complexity index is 421. The van der Waals surface area contributed by atoms with Gasteiger partial charge in [0.1, 0.15) is 5.60 Å². The summed E-state index contributed by atoms with van der Waals surface area (Å²) < 4.78 is 5.43. The van der Waals surface area contributed by atoms with Gasteiger partial charge in [-0.05, 0) is 52.4 Å². The Kier molecular flexibility index (Phi) is 4.79. The fourth-order valence-electron chi connectivity index (χ4n) is 3.69. The summed E-state index contributed by atoms with van der Waals surface area (Å²) in [7, 11) is 0. The highest BCUT2D eigenvalue weighted by atomic mass is 16.6. The Morgan fingerprint density at radius 1 is 1.27 bits per heavy atom. The van der Waals surface area contributed by atoms with Crippen LogP contribution >= 0.6 is 0 Å². The number of amides is 1. The van der Waals surface area contributed by atoms with Crippen LogP contribution < -0.4 is 5.73 Å². The molecule has 0 radical (unpaired) electrons. The summed E-state index contributed by atoms with van der Waals surface area (Å²) in [5.74, 6) is 0.640. The normalized spacial score (nSPS) is 37.0. The highest BCUT2D eigenvalue weighted by Gasteiger charge is 2.52. The second-order valence-electron chi connectivity index (χ2n) is 8.38. The number of aliphatic hydroxyl groups is 1. The number of nitrogens with zero attached hydrogens (tertiary/aromatic N) is 1. The summed E-state index contributed by atoms with van der Waals surface area (Å²) in [4.78, 5) is 13.9. The fourth-order valence-corrected chi connectivity index (χ4v) is 3.69. The molecule has 0 spiro atoms. The van der Waals surface area contributed by atoms with Gasteiger partial charge < -0.3 is 20.5 Å². The molecule has 5 heteroatoms. The van der Waals surface area contributed by atoms with Gasteiger partial charge in [-0.3, -0.25) is 0 Å². The minimum absolute atomic E-state index is 0.328. The molecule has 1 aliphatic carbocycles. The number of hydrogen-bond acceptors (Lipinski definition) is 4. The van der Waals surface area contributed by atoms with Gasteiger partial charge in [0.25, 0.3) is 0 Å². The molecule has 3 atom stereocenters. The molecule has 22 heavy (non-hydrogen) atoms. The van der Waals surface area contributed by atoms with Crippen LogP contribution in [0.15, 0.2) is 0 Å². The molecular weight excluding hydrogens is 280 g/mol. The first-order valence-electron chi connectivity index (χ1n) is 8.54. The monoisotopic (exact) mass is 312 g/mol. The molecule has 3 N–H and O–H groups in total. The molecule has 0 bridgehead atoms. The summed E-state index contributed by atoms with van der Waals surface area (Å²) in [6.07, 6.45) is 4.92. The highest BCUT2D eigenvalue weighted by Crippen LogP contribution is 2.41. The van der Waals surface area contributed by atoms with Crippen LogP contribution in [-0.4, -0.2) is 45.9 Å². The summed E-state index contributed by atoms with van der Waals surface area (Å²) in [5.41, 5.74) is 4.49. The number of carbonyl (C=O) groups is 1. The van der Waals surface area contributed by atoms with Crippen molar-refractivity contribution in [3.63, 3.8) is 0 Å². The molecule has 5 nitrogen and oxygen atoms in total. The van der Waals surface area contributed by atoms with Crippen molar-refractivity contribution in [2.24, 2.45) is 11.7 Å². The van der Waals surface area contributed by atoms with E-state index in [1.807, 2.05) is 20.8 Å². The van der Waals surface area contributed by atoms with Crippen LogP contribution in [0.4, 0.5) is 4.79 Å². The Labute approximate surface area is 134 Å². The molecule has 1 saturated heterocycles. The van der Waals surface area contributed by atoms with Crippen molar-refractivity contribution in [3.8, 4) is 0 Å². The zero-order chi connectivity index (χ0) is 16.6. The molecule has 0 aromatic carbocycles. The third-order valence-corrected chi connectivity index (χ3v) is 5.22. The van der Waals surface area contributed by atoms with Gasteiger partial charge in [0.2, 0.25) is 0 Å². The van der Waals surface area contributed by atoms with Gasteiger partial charge >= 0.3 is 6.09 Å². The molecular formula is C17H32N2O3. The average molecular weight is 312 g/mol. The zero-order valence-electron chi connectivity index (χ0n) is 14.5. The number of nitrogens with two attached hydrogens (primary N) is 1. The molecule has 1 aliphatic heterocycles. The lowest BCUT2D eigenvalue weighted by atomic mass is 9.74. The SMILES string of the molecule is CC1CCCC(O)(C2(N)CCN(C(=O)OC(C)(C)C)C2)CC1. The van der Waals surface area contributed by atoms with Crippen molar-refractivity contribution in [2.45, 2.75) is 83.0 Å². The van der Waals surface area contributed by atoms with Gasteiger partial charge in [0.05, 0.1) is 11.1 Å². The third kappa shape index (κ3) is 3.74. The van der Waals surface area contributed by atoms with Crippen LogP contribution in [-0.2, 0) is 4.74 Å². The van der Waals surface area contributed by atoms with E-state index in [0.717, 1.165) is 32.1 Å². The Morgan fingerprint density at radius 2 is 1.95 bits per heavy atom. The number of ether oxygens (including phenoxy) is 1. The smallest absolute Gasteiger partial charge is 0.410 e. The average Bonchev–Trinajstić information content (AvgIpc) is 2.70. The van der Waals surface area contributed by atoms with E-state index >= 15 is 0 Å². The minimum Gasteiger partial charge on any atom is -0.444 e. The van der Waals surface area contributed by atoms with E-state index in [4.69, 9.17) is 10.5 Å². The molecule has 128 valence electrons. The maximum absolute atomic E-state index is 12.2. The van der Waals surface area contributed by atoms with E-state index in [9.17, 15) is 9.90 Å². The van der Waals surface area contributed by atoms with E-state index < -0.39 is 16.7 Å². The standard InChI is InChI=1S/C17H32N2O3/c1-13-6-5-8-17(21,9-7-13)16(18)10-11-19(12-16)14(20)22-15(2,3)4/h13,21H,5-12,18H2,1-4H3. The maximum Gasteiger partial charge on any atom is 0.410 e. The largest absolute Gasteiger partial charge is 0.444 e. The zero-order valence-corrected chi connectivity index (χ0v) is 14.5. The van der Waals surface area contributed by atoms with E-state index in [1.165, 1.54) is 0 Å². The van der Waals surface area contributed by atoms with E-state index in [2.05, 4.69) is 6.92 Å². The molecule has 2 rings (SSSR count). The number of hydrogen-bond donors (Lipinski definition) is 2. The second-order valence-corrected chi connectivity index (χ2v) is 8.38. The molecule has 2 fully saturated rings. The molecule has 0 aromatic rings. The molecule has 1 amide bonds. The predicted octanol–water partition coefficient (Wildman–Crippen LogP) is 2.66. The molecule has 1 heterocycles. The van der Waals surface area contributed by atoms with Crippen LogP contribution in [0, 0.1) is 5.92 Å². The van der Waals surface area contributed by atoms with Gasteiger partial charge in [0, 0.05) is 13.1 Å². The summed E-state index contributed by atoms with van der Waals surface area (Å²) in [5, 5.41) is 11.2. The number of carbonyl (C=O) groups excluding carboxylic acids is 1. The van der Waals surface area contributed by atoms with Crippen molar-refractivity contribution in [1.29, 1.82) is 0 Å². The molecule has 0 aromatic heterocycles. The van der Waals surface area contributed by atoms with Crippen LogP contribution in [0.5, 0.6) is 0 Å². The third-order valence-electron chi connectivity index (χ3n) is 5.22. The lowest BCUT2D eigenvalue weighted by Gasteiger charge is -2.42. The fraction of sp³-hybridized carbons (Fsp3) is 0.941. The van der Waals surface area contributed by atoms with Gasteiger partial charge in [-0.15, -0.1) is 0 Å². The first-order chi connectivity index (χ1) is 10.0. The summed E-state index contributed by atoms with van der Waals surface area (Å²) >= 11 is 0. The first-order valence-corrected chi connectivity index (χ1v) is 8.54. The first kappa shape index (κ1) is 17.5. The molecule has 3 unspecified atom stereocenters. The minimum atomic E-state index is -0.867. The van der Waals surface area contributed by atoms with Crippen LogP contribution in [0.1, 0.15) is 66.2 Å². The molecule has 2 aliphatic rings. The maximum atomic E-state index is 12.2. The van der Waals surface area contributed by atoms with Crippen molar-refractivity contribution in [1.82, 2.24) is 4.90 Å². The van der Waals surface area contributed by atoms with Crippen molar-refractivity contribution in [2.75, 3.05) is 13.1 Å². The van der Waals surface area contributed by atoms with Crippen LogP contribution in [0.25, 0.3) is 0 Å². The number of rotatable bonds is 1. The predicted molar refractivity (Wildman–Crippen MR) is 86.5 cm³/mol. The second kappa shape index (κ2) is 6.00. The van der Waals surface area contributed by atoms with Gasteiger partial charge in [0.15, 0.2) is 0 Å². The Morgan fingerprint density at radius 3 is 2.59 bits per heavy atom. The van der Waals surface area contributed by atoms with Crippen molar-refractivity contribution in [3.05, 3.63) is 0 Å². The summed E-state index contributed by atoms with van der Waals surface area (Å²) in [6, 6.07) is 0. The molecule has 1 saturated carbocycles. The number of likely N-dealkylation sites (tertiary alicyclic amines) is 1. The van der Waals surface area contributed by atoms with Crippen LogP contribution in [0.2, 0.25) is 0 Å².